The molecule has 0 spiro atoms. The van der Waals surface area contributed by atoms with Gasteiger partial charge in [-0.15, -0.1) is 0 Å². The van der Waals surface area contributed by atoms with Gasteiger partial charge in [0.25, 0.3) is 0 Å². The van der Waals surface area contributed by atoms with E-state index in [2.05, 4.69) is 0 Å². The molecule has 8 nitrogen and oxygen atoms in total. The van der Waals surface area contributed by atoms with E-state index in [-0.39, 0.29) is 37.7 Å². The maximum Gasteiger partial charge on any atom is 0.306 e. The summed E-state index contributed by atoms with van der Waals surface area (Å²) in [5.41, 5.74) is -7.88. The molecule has 45 heavy (non-hydrogen) atoms. The lowest BCUT2D eigenvalue weighted by molar-refractivity contribution is -0.235. The van der Waals surface area contributed by atoms with E-state index in [9.17, 15) is 29.4 Å². The number of allylic oxidation sites excluding steroid dienone is 4. The highest BCUT2D eigenvalue weighted by Gasteiger charge is 2.78. The molecule has 0 aromatic rings. The van der Waals surface area contributed by atoms with Crippen LogP contribution in [0.5, 0.6) is 0 Å². The molecule has 4 aliphatic rings. The number of aliphatic hydroxyl groups is 2. The molecular formula is C35H50F2O8. The van der Waals surface area contributed by atoms with Gasteiger partial charge >= 0.3 is 11.9 Å². The summed E-state index contributed by atoms with van der Waals surface area (Å²) < 4.78 is 44.7. The SMILES string of the molecule is CCCCCCC(=O)OCC(=O)C1(OC(=O)CCCCCC)C(O)CC2C3CC(F)C4=CC(=O)C=CC4(C)C3(F)C(O)CC21C. The van der Waals surface area contributed by atoms with E-state index in [4.69, 9.17) is 9.47 Å². The van der Waals surface area contributed by atoms with Crippen LogP contribution in [0.2, 0.25) is 0 Å². The third-order valence-electron chi connectivity index (χ3n) is 11.3. The van der Waals surface area contributed by atoms with Crippen molar-refractivity contribution in [2.75, 3.05) is 6.61 Å². The summed E-state index contributed by atoms with van der Waals surface area (Å²) in [4.78, 5) is 52.1. The number of hydrogen-bond donors (Lipinski definition) is 2. The molecule has 4 aliphatic carbocycles. The van der Waals surface area contributed by atoms with Gasteiger partial charge in [-0.25, -0.2) is 8.78 Å². The fraction of sp³-hybridized carbons (Fsp3) is 0.771. The summed E-state index contributed by atoms with van der Waals surface area (Å²) in [7, 11) is 0. The van der Waals surface area contributed by atoms with Crippen molar-refractivity contribution in [2.45, 2.75) is 141 Å². The van der Waals surface area contributed by atoms with E-state index in [1.165, 1.54) is 19.1 Å². The zero-order valence-corrected chi connectivity index (χ0v) is 27.1. The van der Waals surface area contributed by atoms with Gasteiger partial charge in [-0.1, -0.05) is 65.4 Å². The number of alkyl halides is 2. The first-order valence-electron chi connectivity index (χ1n) is 16.8. The average Bonchev–Trinajstić information content (AvgIpc) is 3.21. The van der Waals surface area contributed by atoms with Crippen molar-refractivity contribution in [1.82, 2.24) is 0 Å². The Balaban J connectivity index is 1.69. The number of ketones is 2. The van der Waals surface area contributed by atoms with Crippen LogP contribution in [-0.4, -0.2) is 70.0 Å². The second kappa shape index (κ2) is 13.7. The molecule has 0 aromatic carbocycles. The van der Waals surface area contributed by atoms with Gasteiger partial charge in [0.15, 0.2) is 18.1 Å². The summed E-state index contributed by atoms with van der Waals surface area (Å²) in [6.45, 7) is 6.35. The first-order chi connectivity index (χ1) is 21.2. The van der Waals surface area contributed by atoms with Gasteiger partial charge in [-0.3, -0.25) is 19.2 Å². The van der Waals surface area contributed by atoms with Crippen LogP contribution in [0.25, 0.3) is 0 Å². The fourth-order valence-corrected chi connectivity index (χ4v) is 8.90. The lowest BCUT2D eigenvalue weighted by Gasteiger charge is -2.63. The van der Waals surface area contributed by atoms with Crippen molar-refractivity contribution in [1.29, 1.82) is 0 Å². The van der Waals surface area contributed by atoms with Gasteiger partial charge in [0.1, 0.15) is 12.3 Å². The van der Waals surface area contributed by atoms with Crippen molar-refractivity contribution in [3.8, 4) is 0 Å². The van der Waals surface area contributed by atoms with Crippen LogP contribution in [0.4, 0.5) is 8.78 Å². The predicted octanol–water partition coefficient (Wildman–Crippen LogP) is 5.61. The molecule has 4 rings (SSSR count). The minimum atomic E-state index is -2.43. The van der Waals surface area contributed by atoms with E-state index in [0.717, 1.165) is 44.6 Å². The number of carbonyl (C=O) groups is 4. The van der Waals surface area contributed by atoms with Crippen LogP contribution >= 0.6 is 0 Å². The van der Waals surface area contributed by atoms with Crippen LogP contribution in [0.15, 0.2) is 23.8 Å². The minimum absolute atomic E-state index is 0.0175. The average molecular weight is 637 g/mol. The molecule has 0 bridgehead atoms. The number of ether oxygens (including phenoxy) is 2. The van der Waals surface area contributed by atoms with Crippen LogP contribution in [0, 0.1) is 22.7 Å². The molecule has 3 saturated carbocycles. The zero-order valence-electron chi connectivity index (χ0n) is 27.1. The molecule has 0 aliphatic heterocycles. The van der Waals surface area contributed by atoms with Crippen molar-refractivity contribution >= 4 is 23.5 Å². The summed E-state index contributed by atoms with van der Waals surface area (Å²) in [6.07, 6.45) is 4.11. The number of esters is 2. The summed E-state index contributed by atoms with van der Waals surface area (Å²) in [5.74, 6) is -4.70. The first kappa shape index (κ1) is 35.4. The highest BCUT2D eigenvalue weighted by Crippen LogP contribution is 2.70. The molecule has 10 heteroatoms. The molecule has 0 radical (unpaired) electrons. The third-order valence-corrected chi connectivity index (χ3v) is 11.3. The standard InChI is InChI=1S/C35H50F2O8/c1-5-7-9-11-13-30(42)44-21-29(41)35(45-31(43)14-12-10-8-6-2)27(39)19-23-24-18-26(36)25-17-22(38)15-16-32(25,3)34(24,37)28(40)20-33(23,35)4/h15-17,23-24,26-28,39-40H,5-14,18-21H2,1-4H3. The Morgan fingerprint density at radius 3 is 2.16 bits per heavy atom. The van der Waals surface area contributed by atoms with Crippen LogP contribution < -0.4 is 0 Å². The second-order valence-electron chi connectivity index (χ2n) is 14.0. The van der Waals surface area contributed by atoms with E-state index in [0.29, 0.717) is 12.8 Å². The first-order valence-corrected chi connectivity index (χ1v) is 16.8. The highest BCUT2D eigenvalue weighted by atomic mass is 19.1. The molecule has 9 unspecified atom stereocenters. The smallest absolute Gasteiger partial charge is 0.306 e. The fourth-order valence-electron chi connectivity index (χ4n) is 8.90. The van der Waals surface area contributed by atoms with E-state index in [1.54, 1.807) is 6.92 Å². The monoisotopic (exact) mass is 636 g/mol. The van der Waals surface area contributed by atoms with Crippen LogP contribution in [0.3, 0.4) is 0 Å². The largest absolute Gasteiger partial charge is 0.457 e. The number of halogens is 2. The van der Waals surface area contributed by atoms with Gasteiger partial charge in [-0.2, -0.15) is 0 Å². The van der Waals surface area contributed by atoms with Crippen molar-refractivity contribution in [2.24, 2.45) is 22.7 Å². The molecule has 0 amide bonds. The maximum absolute atomic E-state index is 17.6. The second-order valence-corrected chi connectivity index (χ2v) is 14.0. The number of rotatable bonds is 14. The number of hydrogen-bond acceptors (Lipinski definition) is 8. The van der Waals surface area contributed by atoms with Crippen LogP contribution in [-0.2, 0) is 28.7 Å². The zero-order chi connectivity index (χ0) is 33.2. The maximum atomic E-state index is 17.6. The normalized spacial score (nSPS) is 38.5. The van der Waals surface area contributed by atoms with E-state index >= 15 is 8.78 Å². The van der Waals surface area contributed by atoms with Crippen molar-refractivity contribution < 1.29 is 47.6 Å². The Hall–Kier alpha value is -2.46. The predicted molar refractivity (Wildman–Crippen MR) is 162 cm³/mol. The number of aliphatic hydroxyl groups excluding tert-OH is 2. The van der Waals surface area contributed by atoms with Gasteiger partial charge < -0.3 is 19.7 Å². The molecule has 3 fully saturated rings. The van der Waals surface area contributed by atoms with Gasteiger partial charge in [0, 0.05) is 29.6 Å². The Morgan fingerprint density at radius 1 is 0.911 bits per heavy atom. The van der Waals surface area contributed by atoms with Crippen molar-refractivity contribution in [3.05, 3.63) is 23.8 Å². The topological polar surface area (TPSA) is 127 Å². The molecule has 0 aromatic heterocycles. The lowest BCUT2D eigenvalue weighted by Crippen LogP contribution is -2.71. The van der Waals surface area contributed by atoms with E-state index < -0.39 is 82.4 Å². The summed E-state index contributed by atoms with van der Waals surface area (Å²) in [6, 6.07) is 0. The van der Waals surface area contributed by atoms with Gasteiger partial charge in [0.05, 0.1) is 6.10 Å². The Morgan fingerprint density at radius 2 is 1.53 bits per heavy atom. The molecular weight excluding hydrogens is 586 g/mol. The quantitative estimate of drug-likeness (QED) is 0.186. The third kappa shape index (κ3) is 5.94. The van der Waals surface area contributed by atoms with Gasteiger partial charge in [0.2, 0.25) is 11.4 Å². The molecule has 0 heterocycles. The number of unbranched alkanes of at least 4 members (excludes halogenated alkanes) is 6. The van der Waals surface area contributed by atoms with Crippen LogP contribution in [0.1, 0.15) is 111 Å². The Bertz CT molecular complexity index is 1220. The minimum Gasteiger partial charge on any atom is -0.457 e. The van der Waals surface area contributed by atoms with Crippen molar-refractivity contribution in [3.63, 3.8) is 0 Å². The molecule has 252 valence electrons. The van der Waals surface area contributed by atoms with Gasteiger partial charge in [-0.05, 0) is 62.7 Å². The highest BCUT2D eigenvalue weighted by molar-refractivity contribution is 6.01. The number of carbonyl (C=O) groups excluding carboxylic acids is 4. The Kier molecular flexibility index (Phi) is 10.8. The number of Topliss-reactive ketones (excluding diaryl/α,β-unsaturated/α-hetero) is 1. The number of fused-ring (bicyclic) bond motifs is 5. The molecule has 2 N–H and O–H groups in total. The Labute approximate surface area is 265 Å². The van der Waals surface area contributed by atoms with E-state index in [1.807, 2.05) is 13.8 Å². The molecule has 9 atom stereocenters. The lowest BCUT2D eigenvalue weighted by atomic mass is 9.44. The summed E-state index contributed by atoms with van der Waals surface area (Å²) in [5, 5.41) is 23.3. The molecule has 0 saturated heterocycles. The summed E-state index contributed by atoms with van der Waals surface area (Å²) >= 11 is 0.